The Hall–Kier alpha value is -7.41. The third-order valence-corrected chi connectivity index (χ3v) is 13.1. The van der Waals surface area contributed by atoms with Gasteiger partial charge in [-0.1, -0.05) is 182 Å². The van der Waals surface area contributed by atoms with Gasteiger partial charge in [-0.2, -0.15) is 0 Å². The molecule has 1 aliphatic heterocycles. The first-order valence-corrected chi connectivity index (χ1v) is 24.3. The van der Waals surface area contributed by atoms with Crippen LogP contribution in [-0.4, -0.2) is 133 Å². The van der Waals surface area contributed by atoms with E-state index in [9.17, 15) is 14.4 Å². The van der Waals surface area contributed by atoms with E-state index < -0.39 is 29.5 Å². The van der Waals surface area contributed by atoms with E-state index in [1.165, 1.54) is 24.5 Å². The number of nitrogens with two attached hydrogens (primary N) is 2. The fourth-order valence-electron chi connectivity index (χ4n) is 9.21. The molecule has 0 aromatic heterocycles. The van der Waals surface area contributed by atoms with Crippen molar-refractivity contribution in [2.24, 2.45) is 11.5 Å². The van der Waals surface area contributed by atoms with E-state index in [0.29, 0.717) is 12.8 Å². The van der Waals surface area contributed by atoms with Crippen LogP contribution in [0, 0.1) is 0 Å². The van der Waals surface area contributed by atoms with Gasteiger partial charge in [0.15, 0.2) is 0 Å². The molecule has 362 valence electrons. The van der Waals surface area contributed by atoms with Crippen molar-refractivity contribution >= 4 is 29.5 Å². The van der Waals surface area contributed by atoms with Crippen LogP contribution in [0.15, 0.2) is 182 Å². The van der Waals surface area contributed by atoms with Crippen molar-refractivity contribution in [2.45, 2.75) is 30.6 Å². The number of rotatable bonds is 18. The number of hydrogen-bond acceptors (Lipinski definition) is 7. The maximum atomic E-state index is 15.3. The Morgan fingerprint density at radius 1 is 0.300 bits per heavy atom. The van der Waals surface area contributed by atoms with Gasteiger partial charge in [0.05, 0.1) is 32.7 Å². The molecule has 1 aliphatic rings. The first kappa shape index (κ1) is 50.5. The number of carbonyl (C=O) groups excluding carboxylic acids is 5. The van der Waals surface area contributed by atoms with Gasteiger partial charge in [0.1, 0.15) is 0 Å². The van der Waals surface area contributed by atoms with Crippen molar-refractivity contribution in [3.8, 4) is 0 Å². The maximum absolute atomic E-state index is 15.3. The van der Waals surface area contributed by atoms with E-state index in [1.807, 2.05) is 182 Å². The minimum Gasteiger partial charge on any atom is -0.332 e. The zero-order chi connectivity index (χ0) is 49.1. The smallest absolute Gasteiger partial charge is 0.242 e. The van der Waals surface area contributed by atoms with Gasteiger partial charge in [-0.25, -0.2) is 0 Å². The van der Waals surface area contributed by atoms with Crippen LogP contribution in [0.2, 0.25) is 0 Å². The SMILES string of the molecule is NCCCN1CC(=O)N(CC(c2ccccc2)c2ccccc2)CC(=O)N(CC(c2ccccc2)c2ccccc2)CC(=O)N(CCCN)CC(=O)N(CC(c2ccccc2)c2ccccc2)CC1=O. The summed E-state index contributed by atoms with van der Waals surface area (Å²) in [6, 6.07) is 58.9. The first-order chi connectivity index (χ1) is 34.2. The summed E-state index contributed by atoms with van der Waals surface area (Å²) in [5.41, 5.74) is 17.8. The van der Waals surface area contributed by atoms with Gasteiger partial charge in [-0.3, -0.25) is 24.0 Å². The van der Waals surface area contributed by atoms with Gasteiger partial charge in [-0.05, 0) is 59.3 Å². The molecule has 1 saturated heterocycles. The lowest BCUT2D eigenvalue weighted by Gasteiger charge is -2.34. The van der Waals surface area contributed by atoms with Crippen LogP contribution in [0.1, 0.15) is 64.0 Å². The molecule has 0 saturated carbocycles. The van der Waals surface area contributed by atoms with Crippen LogP contribution < -0.4 is 11.5 Å². The van der Waals surface area contributed by atoms with E-state index in [1.54, 1.807) is 0 Å². The molecule has 0 unspecified atom stereocenters. The highest BCUT2D eigenvalue weighted by molar-refractivity contribution is 5.93. The van der Waals surface area contributed by atoms with Gasteiger partial charge in [0, 0.05) is 50.5 Å². The van der Waals surface area contributed by atoms with Crippen LogP contribution in [0.3, 0.4) is 0 Å². The Kier molecular flexibility index (Phi) is 18.6. The molecule has 5 amide bonds. The topological polar surface area (TPSA) is 154 Å². The highest BCUT2D eigenvalue weighted by Gasteiger charge is 2.34. The molecule has 0 radical (unpaired) electrons. The maximum Gasteiger partial charge on any atom is 0.242 e. The molecule has 6 aromatic rings. The molecule has 0 spiro atoms. The van der Waals surface area contributed by atoms with Gasteiger partial charge in [-0.15, -0.1) is 0 Å². The average Bonchev–Trinajstić information content (AvgIpc) is 3.40. The summed E-state index contributed by atoms with van der Waals surface area (Å²) in [4.78, 5) is 82.8. The van der Waals surface area contributed by atoms with Crippen molar-refractivity contribution < 1.29 is 24.0 Å². The van der Waals surface area contributed by atoms with Crippen molar-refractivity contribution in [1.82, 2.24) is 24.5 Å². The summed E-state index contributed by atoms with van der Waals surface area (Å²) in [5, 5.41) is 0. The normalized spacial score (nSPS) is 14.8. The molecular formula is C58H65N7O5. The average molecular weight is 940 g/mol. The quantitative estimate of drug-likeness (QED) is 0.102. The third-order valence-electron chi connectivity index (χ3n) is 13.1. The summed E-state index contributed by atoms with van der Waals surface area (Å²) in [5.74, 6) is -3.28. The molecule has 1 fully saturated rings. The molecular weight excluding hydrogens is 875 g/mol. The minimum absolute atomic E-state index is 0.100. The zero-order valence-corrected chi connectivity index (χ0v) is 39.9. The fourth-order valence-corrected chi connectivity index (χ4v) is 9.21. The summed E-state index contributed by atoms with van der Waals surface area (Å²) in [6.07, 6.45) is 0.795. The van der Waals surface area contributed by atoms with Crippen molar-refractivity contribution in [3.63, 3.8) is 0 Å². The second-order valence-electron chi connectivity index (χ2n) is 17.9. The van der Waals surface area contributed by atoms with Crippen LogP contribution in [0.4, 0.5) is 0 Å². The van der Waals surface area contributed by atoms with E-state index in [2.05, 4.69) is 0 Å². The predicted octanol–water partition coefficient (Wildman–Crippen LogP) is 6.34. The lowest BCUT2D eigenvalue weighted by molar-refractivity contribution is -0.146. The first-order valence-electron chi connectivity index (χ1n) is 24.3. The molecule has 70 heavy (non-hydrogen) atoms. The van der Waals surface area contributed by atoms with Crippen LogP contribution in [0.5, 0.6) is 0 Å². The van der Waals surface area contributed by atoms with E-state index in [-0.39, 0.29) is 96.3 Å². The molecule has 1 heterocycles. The highest BCUT2D eigenvalue weighted by atomic mass is 16.2. The van der Waals surface area contributed by atoms with Crippen molar-refractivity contribution in [1.29, 1.82) is 0 Å². The summed E-state index contributed by atoms with van der Waals surface area (Å²) in [7, 11) is 0. The Morgan fingerprint density at radius 2 is 0.486 bits per heavy atom. The van der Waals surface area contributed by atoms with Crippen LogP contribution >= 0.6 is 0 Å². The zero-order valence-electron chi connectivity index (χ0n) is 39.9. The molecule has 6 aromatic carbocycles. The lowest BCUT2D eigenvalue weighted by atomic mass is 9.90. The molecule has 12 heteroatoms. The molecule has 0 aliphatic carbocycles. The van der Waals surface area contributed by atoms with Crippen LogP contribution in [-0.2, 0) is 24.0 Å². The van der Waals surface area contributed by atoms with E-state index in [4.69, 9.17) is 11.5 Å². The van der Waals surface area contributed by atoms with Gasteiger partial charge in [0.25, 0.3) is 0 Å². The molecule has 0 atom stereocenters. The van der Waals surface area contributed by atoms with E-state index >= 15 is 9.59 Å². The predicted molar refractivity (Wildman–Crippen MR) is 274 cm³/mol. The van der Waals surface area contributed by atoms with Gasteiger partial charge < -0.3 is 36.0 Å². The number of benzene rings is 6. The third kappa shape index (κ3) is 13.9. The van der Waals surface area contributed by atoms with Crippen molar-refractivity contribution in [3.05, 3.63) is 215 Å². The standard InChI is InChI=1S/C58H65N7O5/c59-33-19-35-61-40-56(68)63(37-51(45-21-7-1-8-22-45)46-23-9-2-10-24-46)42-54(66)62(36-20-34-60)41-57(69)65(39-53(49-29-15-5-16-30-49)50-31-17-6-18-32-50)44-58(70)64(43-55(61)67)38-52(47-25-11-3-12-26-47)48-27-13-4-14-28-48/h1-18,21-32,51-53H,19-20,33-44,59-60H2. The fraction of sp³-hybridized carbons (Fsp3) is 0.293. The molecule has 7 rings (SSSR count). The molecule has 12 nitrogen and oxygen atoms in total. The summed E-state index contributed by atoms with van der Waals surface area (Å²) < 4.78 is 0. The number of nitrogens with zero attached hydrogens (tertiary/aromatic N) is 5. The monoisotopic (exact) mass is 940 g/mol. The second kappa shape index (κ2) is 25.8. The summed E-state index contributed by atoms with van der Waals surface area (Å²) >= 11 is 0. The minimum atomic E-state index is -0.451. The Labute approximate surface area is 412 Å². The Balaban J connectivity index is 1.34. The number of carbonyl (C=O) groups is 5. The van der Waals surface area contributed by atoms with Crippen molar-refractivity contribution in [2.75, 3.05) is 78.5 Å². The summed E-state index contributed by atoms with van der Waals surface area (Å²) in [6.45, 7) is -0.685. The number of amides is 5. The van der Waals surface area contributed by atoms with Gasteiger partial charge >= 0.3 is 0 Å². The highest BCUT2D eigenvalue weighted by Crippen LogP contribution is 2.29. The van der Waals surface area contributed by atoms with Gasteiger partial charge in [0.2, 0.25) is 29.5 Å². The number of hydrogen-bond donors (Lipinski definition) is 2. The molecule has 4 N–H and O–H groups in total. The Morgan fingerprint density at radius 3 is 0.686 bits per heavy atom. The Bertz CT molecular complexity index is 2360. The molecule has 0 bridgehead atoms. The largest absolute Gasteiger partial charge is 0.332 e. The van der Waals surface area contributed by atoms with Crippen LogP contribution in [0.25, 0.3) is 0 Å². The second-order valence-corrected chi connectivity index (χ2v) is 17.9. The lowest BCUT2D eigenvalue weighted by Crippen LogP contribution is -2.51. The van der Waals surface area contributed by atoms with E-state index in [0.717, 1.165) is 33.4 Å².